The number of benzene rings is 1. The molecule has 1 aromatic carbocycles. The number of hydrogen-bond acceptors (Lipinski definition) is 3. The van der Waals surface area contributed by atoms with Gasteiger partial charge in [-0.25, -0.2) is 4.98 Å². The number of pyridine rings is 1. The highest BCUT2D eigenvalue weighted by Gasteiger charge is 2.05. The van der Waals surface area contributed by atoms with Gasteiger partial charge in [0.1, 0.15) is 11.6 Å². The monoisotopic (exact) mass is 262 g/mol. The predicted molar refractivity (Wildman–Crippen MR) is 74.9 cm³/mol. The Labute approximate surface area is 112 Å². The molecule has 0 bridgehead atoms. The van der Waals surface area contributed by atoms with Crippen LogP contribution in [0.5, 0.6) is 5.75 Å². The lowest BCUT2D eigenvalue weighted by Gasteiger charge is -2.18. The van der Waals surface area contributed by atoms with E-state index in [9.17, 15) is 0 Å². The quantitative estimate of drug-likeness (QED) is 0.788. The second-order valence-electron chi connectivity index (χ2n) is 3.92. The molecule has 0 aliphatic carbocycles. The SMILES string of the molecule is COc1ccc(N(C)c2ccc(CCl)cn2)cc1. The third kappa shape index (κ3) is 2.74. The minimum Gasteiger partial charge on any atom is -0.497 e. The van der Waals surface area contributed by atoms with Crippen LogP contribution in [0, 0.1) is 0 Å². The van der Waals surface area contributed by atoms with E-state index in [1.807, 2.05) is 48.3 Å². The fourth-order valence-corrected chi connectivity index (χ4v) is 1.79. The van der Waals surface area contributed by atoms with E-state index < -0.39 is 0 Å². The Balaban J connectivity index is 2.20. The molecule has 94 valence electrons. The van der Waals surface area contributed by atoms with Gasteiger partial charge in [-0.2, -0.15) is 0 Å². The van der Waals surface area contributed by atoms with E-state index in [-0.39, 0.29) is 0 Å². The first-order chi connectivity index (χ1) is 8.74. The lowest BCUT2D eigenvalue weighted by Crippen LogP contribution is -2.10. The molecule has 0 amide bonds. The van der Waals surface area contributed by atoms with Crippen LogP contribution in [-0.2, 0) is 5.88 Å². The Morgan fingerprint density at radius 3 is 2.39 bits per heavy atom. The highest BCUT2D eigenvalue weighted by molar-refractivity contribution is 6.17. The highest BCUT2D eigenvalue weighted by Crippen LogP contribution is 2.24. The Morgan fingerprint density at radius 1 is 1.17 bits per heavy atom. The van der Waals surface area contributed by atoms with Crippen molar-refractivity contribution >= 4 is 23.1 Å². The molecule has 1 aromatic heterocycles. The maximum Gasteiger partial charge on any atom is 0.132 e. The van der Waals surface area contributed by atoms with Crippen molar-refractivity contribution < 1.29 is 4.74 Å². The van der Waals surface area contributed by atoms with Crippen LogP contribution in [0.15, 0.2) is 42.6 Å². The Kier molecular flexibility index (Phi) is 4.05. The largest absolute Gasteiger partial charge is 0.497 e. The van der Waals surface area contributed by atoms with E-state index in [1.54, 1.807) is 13.3 Å². The molecule has 0 N–H and O–H groups in total. The molecule has 3 nitrogen and oxygen atoms in total. The van der Waals surface area contributed by atoms with E-state index in [4.69, 9.17) is 16.3 Å². The zero-order valence-electron chi connectivity index (χ0n) is 10.4. The summed E-state index contributed by atoms with van der Waals surface area (Å²) in [7, 11) is 3.63. The van der Waals surface area contributed by atoms with Crippen LogP contribution in [0.25, 0.3) is 0 Å². The highest BCUT2D eigenvalue weighted by atomic mass is 35.5. The molecule has 0 radical (unpaired) electrons. The average Bonchev–Trinajstić information content (AvgIpc) is 2.47. The predicted octanol–water partition coefficient (Wildman–Crippen LogP) is 3.60. The molecule has 0 unspecified atom stereocenters. The summed E-state index contributed by atoms with van der Waals surface area (Å²) >= 11 is 5.74. The number of methoxy groups -OCH3 is 1. The molecule has 0 spiro atoms. The van der Waals surface area contributed by atoms with Gasteiger partial charge < -0.3 is 9.64 Å². The van der Waals surface area contributed by atoms with Crippen molar-refractivity contribution in [3.8, 4) is 5.75 Å². The number of hydrogen-bond donors (Lipinski definition) is 0. The van der Waals surface area contributed by atoms with Gasteiger partial charge >= 0.3 is 0 Å². The third-order valence-electron chi connectivity index (χ3n) is 2.77. The minimum absolute atomic E-state index is 0.486. The molecule has 2 rings (SSSR count). The normalized spacial score (nSPS) is 10.2. The first-order valence-electron chi connectivity index (χ1n) is 5.63. The zero-order chi connectivity index (χ0) is 13.0. The van der Waals surface area contributed by atoms with Gasteiger partial charge in [0.25, 0.3) is 0 Å². The van der Waals surface area contributed by atoms with E-state index in [0.717, 1.165) is 22.8 Å². The molecule has 18 heavy (non-hydrogen) atoms. The molecule has 4 heteroatoms. The van der Waals surface area contributed by atoms with Crippen LogP contribution in [0.4, 0.5) is 11.5 Å². The van der Waals surface area contributed by atoms with Crippen molar-refractivity contribution in [1.29, 1.82) is 0 Å². The summed E-state index contributed by atoms with van der Waals surface area (Å²) in [5.41, 5.74) is 2.07. The average molecular weight is 263 g/mol. The van der Waals surface area contributed by atoms with Crippen molar-refractivity contribution in [1.82, 2.24) is 4.98 Å². The van der Waals surface area contributed by atoms with Gasteiger partial charge in [0.15, 0.2) is 0 Å². The van der Waals surface area contributed by atoms with Gasteiger partial charge in [-0.05, 0) is 35.9 Å². The summed E-state index contributed by atoms with van der Waals surface area (Å²) in [4.78, 5) is 6.39. The molecule has 2 aromatic rings. The fraction of sp³-hybridized carbons (Fsp3) is 0.214. The summed E-state index contributed by atoms with van der Waals surface area (Å²) < 4.78 is 5.14. The van der Waals surface area contributed by atoms with Gasteiger partial charge in [0.05, 0.1) is 7.11 Å². The number of nitrogens with zero attached hydrogens (tertiary/aromatic N) is 2. The van der Waals surface area contributed by atoms with E-state index in [2.05, 4.69) is 4.98 Å². The van der Waals surface area contributed by atoms with Crippen LogP contribution >= 0.6 is 11.6 Å². The smallest absolute Gasteiger partial charge is 0.132 e. The lowest BCUT2D eigenvalue weighted by molar-refractivity contribution is 0.415. The second-order valence-corrected chi connectivity index (χ2v) is 4.18. The summed E-state index contributed by atoms with van der Waals surface area (Å²) in [6.07, 6.45) is 1.79. The molecular formula is C14H15ClN2O. The van der Waals surface area contributed by atoms with E-state index in [1.165, 1.54) is 0 Å². The molecule has 0 atom stereocenters. The van der Waals surface area contributed by atoms with Crippen LogP contribution in [0.3, 0.4) is 0 Å². The molecule has 1 heterocycles. The number of aromatic nitrogens is 1. The lowest BCUT2D eigenvalue weighted by atomic mass is 10.2. The minimum atomic E-state index is 0.486. The van der Waals surface area contributed by atoms with Crippen LogP contribution in [0.2, 0.25) is 0 Å². The van der Waals surface area contributed by atoms with Crippen molar-refractivity contribution in [2.75, 3.05) is 19.1 Å². The summed E-state index contributed by atoms with van der Waals surface area (Å²) in [6.45, 7) is 0. The molecule has 0 aliphatic heterocycles. The molecule has 0 saturated carbocycles. The topological polar surface area (TPSA) is 25.4 Å². The molecule has 0 saturated heterocycles. The summed E-state index contributed by atoms with van der Waals surface area (Å²) in [5.74, 6) is 2.21. The van der Waals surface area contributed by atoms with Gasteiger partial charge in [-0.1, -0.05) is 6.07 Å². The third-order valence-corrected chi connectivity index (χ3v) is 3.08. The van der Waals surface area contributed by atoms with Gasteiger partial charge in [0.2, 0.25) is 0 Å². The standard InChI is InChI=1S/C14H15ClN2O/c1-17(12-4-6-13(18-2)7-5-12)14-8-3-11(9-15)10-16-14/h3-8,10H,9H2,1-2H3. The van der Waals surface area contributed by atoms with E-state index >= 15 is 0 Å². The van der Waals surface area contributed by atoms with Crippen molar-refractivity contribution in [2.24, 2.45) is 0 Å². The summed E-state index contributed by atoms with van der Waals surface area (Å²) in [5, 5.41) is 0. The maximum atomic E-state index is 5.74. The maximum absolute atomic E-state index is 5.74. The molecule has 0 aliphatic rings. The Hall–Kier alpha value is -1.74. The number of rotatable bonds is 4. The Morgan fingerprint density at radius 2 is 1.89 bits per heavy atom. The first kappa shape index (κ1) is 12.7. The van der Waals surface area contributed by atoms with Crippen molar-refractivity contribution in [3.05, 3.63) is 48.2 Å². The van der Waals surface area contributed by atoms with Gasteiger partial charge in [-0.3, -0.25) is 0 Å². The first-order valence-corrected chi connectivity index (χ1v) is 6.16. The van der Waals surface area contributed by atoms with Gasteiger partial charge in [0, 0.05) is 24.8 Å². The fourth-order valence-electron chi connectivity index (χ4n) is 1.63. The number of alkyl halides is 1. The van der Waals surface area contributed by atoms with Crippen LogP contribution in [0.1, 0.15) is 5.56 Å². The van der Waals surface area contributed by atoms with Crippen molar-refractivity contribution in [2.45, 2.75) is 5.88 Å². The zero-order valence-corrected chi connectivity index (χ0v) is 11.2. The summed E-state index contributed by atoms with van der Waals surface area (Å²) in [6, 6.07) is 11.8. The molecule has 0 fully saturated rings. The van der Waals surface area contributed by atoms with E-state index in [0.29, 0.717) is 5.88 Å². The molecular weight excluding hydrogens is 248 g/mol. The van der Waals surface area contributed by atoms with Crippen LogP contribution in [-0.4, -0.2) is 19.1 Å². The van der Waals surface area contributed by atoms with Crippen molar-refractivity contribution in [3.63, 3.8) is 0 Å². The Bertz CT molecular complexity index is 449. The second kappa shape index (κ2) is 5.74. The number of ether oxygens (including phenoxy) is 1. The van der Waals surface area contributed by atoms with Crippen LogP contribution < -0.4 is 9.64 Å². The van der Waals surface area contributed by atoms with Gasteiger partial charge in [-0.15, -0.1) is 11.6 Å². The number of halogens is 1. The number of anilines is 2.